The average molecular weight is 266 g/mol. The number of carbonyl (C=O) groups excluding carboxylic acids is 1. The van der Waals surface area contributed by atoms with Gasteiger partial charge in [-0.1, -0.05) is 25.0 Å². The lowest BCUT2D eigenvalue weighted by atomic mass is 9.85. The number of amides is 2. The van der Waals surface area contributed by atoms with Gasteiger partial charge in [-0.3, -0.25) is 0 Å². The molecule has 1 fully saturated rings. The van der Waals surface area contributed by atoms with Crippen LogP contribution in [0.2, 0.25) is 0 Å². The van der Waals surface area contributed by atoms with Crippen LogP contribution in [0.1, 0.15) is 25.7 Å². The van der Waals surface area contributed by atoms with Crippen molar-refractivity contribution in [1.29, 1.82) is 0 Å². The standard InChI is InChI=1S/C14H19FN2O2/c15-11-6-2-4-8-13(11)17-14(19)16-12-7-3-1-5-10(12)9-18/h2,4,6,8,10,12,18H,1,3,5,7,9H2,(H2,16,17,19). The van der Waals surface area contributed by atoms with Crippen LogP contribution < -0.4 is 10.6 Å². The molecule has 0 saturated heterocycles. The molecule has 2 atom stereocenters. The Balaban J connectivity index is 1.92. The van der Waals surface area contributed by atoms with E-state index in [-0.39, 0.29) is 24.3 Å². The van der Waals surface area contributed by atoms with E-state index in [4.69, 9.17) is 0 Å². The molecule has 0 heterocycles. The number of para-hydroxylation sites is 1. The van der Waals surface area contributed by atoms with Crippen LogP contribution in [0.25, 0.3) is 0 Å². The smallest absolute Gasteiger partial charge is 0.319 e. The summed E-state index contributed by atoms with van der Waals surface area (Å²) in [6.45, 7) is 0.0741. The number of rotatable bonds is 3. The fourth-order valence-electron chi connectivity index (χ4n) is 2.51. The molecule has 0 spiro atoms. The van der Waals surface area contributed by atoms with Gasteiger partial charge in [0.05, 0.1) is 5.69 Å². The van der Waals surface area contributed by atoms with Gasteiger partial charge in [0, 0.05) is 18.6 Å². The van der Waals surface area contributed by atoms with Crippen molar-refractivity contribution >= 4 is 11.7 Å². The molecule has 2 unspecified atom stereocenters. The predicted octanol–water partition coefficient (Wildman–Crippen LogP) is 2.50. The molecule has 0 aromatic heterocycles. The van der Waals surface area contributed by atoms with E-state index in [2.05, 4.69) is 10.6 Å². The number of halogens is 1. The van der Waals surface area contributed by atoms with Crippen molar-refractivity contribution in [2.75, 3.05) is 11.9 Å². The minimum atomic E-state index is -0.458. The summed E-state index contributed by atoms with van der Waals surface area (Å²) in [5.41, 5.74) is 0.163. The Bertz CT molecular complexity index is 439. The molecule has 0 aliphatic heterocycles. The van der Waals surface area contributed by atoms with Gasteiger partial charge in [-0.2, -0.15) is 0 Å². The van der Waals surface area contributed by atoms with Crippen LogP contribution in [0.15, 0.2) is 24.3 Å². The average Bonchev–Trinajstić information content (AvgIpc) is 2.42. The Morgan fingerprint density at radius 3 is 2.79 bits per heavy atom. The first kappa shape index (κ1) is 13.8. The van der Waals surface area contributed by atoms with Crippen molar-refractivity contribution in [2.45, 2.75) is 31.7 Å². The fourth-order valence-corrected chi connectivity index (χ4v) is 2.51. The van der Waals surface area contributed by atoms with Gasteiger partial charge in [-0.05, 0) is 25.0 Å². The van der Waals surface area contributed by atoms with Gasteiger partial charge in [0.25, 0.3) is 0 Å². The number of hydrogen-bond acceptors (Lipinski definition) is 2. The quantitative estimate of drug-likeness (QED) is 0.787. The lowest BCUT2D eigenvalue weighted by Crippen LogP contribution is -2.45. The highest BCUT2D eigenvalue weighted by Crippen LogP contribution is 2.24. The number of aliphatic hydroxyl groups is 1. The third-order valence-electron chi connectivity index (χ3n) is 3.58. The maximum absolute atomic E-state index is 13.4. The van der Waals surface area contributed by atoms with Gasteiger partial charge in [0.2, 0.25) is 0 Å². The number of anilines is 1. The first-order valence-corrected chi connectivity index (χ1v) is 6.63. The highest BCUT2D eigenvalue weighted by Gasteiger charge is 2.25. The molecular formula is C14H19FN2O2. The molecule has 1 aliphatic carbocycles. The van der Waals surface area contributed by atoms with Crippen molar-refractivity contribution in [3.05, 3.63) is 30.1 Å². The molecule has 19 heavy (non-hydrogen) atoms. The second-order valence-electron chi connectivity index (χ2n) is 4.91. The number of urea groups is 1. The Morgan fingerprint density at radius 1 is 1.32 bits per heavy atom. The van der Waals surface area contributed by atoms with E-state index in [1.54, 1.807) is 12.1 Å². The van der Waals surface area contributed by atoms with E-state index in [1.807, 2.05) is 0 Å². The second-order valence-corrected chi connectivity index (χ2v) is 4.91. The number of hydrogen-bond donors (Lipinski definition) is 3. The van der Waals surface area contributed by atoms with Gasteiger partial charge >= 0.3 is 6.03 Å². The van der Waals surface area contributed by atoms with Crippen LogP contribution in [0, 0.1) is 11.7 Å². The molecule has 3 N–H and O–H groups in total. The van der Waals surface area contributed by atoms with E-state index in [1.165, 1.54) is 12.1 Å². The van der Waals surface area contributed by atoms with Gasteiger partial charge in [0.1, 0.15) is 5.82 Å². The summed E-state index contributed by atoms with van der Waals surface area (Å²) >= 11 is 0. The summed E-state index contributed by atoms with van der Waals surface area (Å²) in [5, 5.41) is 14.6. The molecule has 4 nitrogen and oxygen atoms in total. The van der Waals surface area contributed by atoms with Crippen molar-refractivity contribution in [3.8, 4) is 0 Å². The number of benzene rings is 1. The number of carbonyl (C=O) groups is 1. The molecule has 104 valence electrons. The lowest BCUT2D eigenvalue weighted by molar-refractivity contribution is 0.156. The van der Waals surface area contributed by atoms with Crippen LogP contribution in [0.5, 0.6) is 0 Å². The van der Waals surface area contributed by atoms with Crippen LogP contribution in [0.3, 0.4) is 0 Å². The molecule has 2 rings (SSSR count). The van der Waals surface area contributed by atoms with Crippen LogP contribution in [-0.2, 0) is 0 Å². The van der Waals surface area contributed by atoms with Crippen molar-refractivity contribution in [2.24, 2.45) is 5.92 Å². The SMILES string of the molecule is O=C(Nc1ccccc1F)NC1CCCCC1CO. The fraction of sp³-hybridized carbons (Fsp3) is 0.500. The van der Waals surface area contributed by atoms with Crippen molar-refractivity contribution in [3.63, 3.8) is 0 Å². The van der Waals surface area contributed by atoms with Crippen LogP contribution in [-0.4, -0.2) is 23.8 Å². The minimum absolute atomic E-state index is 0.0366. The van der Waals surface area contributed by atoms with E-state index < -0.39 is 11.8 Å². The molecule has 1 saturated carbocycles. The summed E-state index contributed by atoms with van der Waals surface area (Å²) in [6.07, 6.45) is 3.90. The third-order valence-corrected chi connectivity index (χ3v) is 3.58. The highest BCUT2D eigenvalue weighted by atomic mass is 19.1. The molecular weight excluding hydrogens is 247 g/mol. The number of aliphatic hydroxyl groups excluding tert-OH is 1. The molecule has 1 aliphatic rings. The third kappa shape index (κ3) is 3.67. The Morgan fingerprint density at radius 2 is 2.05 bits per heavy atom. The zero-order chi connectivity index (χ0) is 13.7. The summed E-state index contributed by atoms with van der Waals surface area (Å²) < 4.78 is 13.4. The normalized spacial score (nSPS) is 22.8. The first-order chi connectivity index (χ1) is 9.20. The monoisotopic (exact) mass is 266 g/mol. The van der Waals surface area contributed by atoms with E-state index in [0.717, 1.165) is 25.7 Å². The lowest BCUT2D eigenvalue weighted by Gasteiger charge is -2.30. The van der Waals surface area contributed by atoms with Crippen molar-refractivity contribution in [1.82, 2.24) is 5.32 Å². The maximum atomic E-state index is 13.4. The highest BCUT2D eigenvalue weighted by molar-refractivity contribution is 5.89. The molecule has 2 amide bonds. The predicted molar refractivity (Wildman–Crippen MR) is 71.4 cm³/mol. The van der Waals surface area contributed by atoms with Gasteiger partial charge in [-0.15, -0.1) is 0 Å². The number of nitrogens with one attached hydrogen (secondary N) is 2. The summed E-state index contributed by atoms with van der Waals surface area (Å²) in [7, 11) is 0. The van der Waals surface area contributed by atoms with E-state index in [0.29, 0.717) is 0 Å². The minimum Gasteiger partial charge on any atom is -0.396 e. The largest absolute Gasteiger partial charge is 0.396 e. The Hall–Kier alpha value is -1.62. The summed E-state index contributed by atoms with van der Waals surface area (Å²) in [4.78, 5) is 11.8. The van der Waals surface area contributed by atoms with E-state index in [9.17, 15) is 14.3 Å². The molecule has 5 heteroatoms. The molecule has 0 bridgehead atoms. The van der Waals surface area contributed by atoms with Gasteiger partial charge in [0.15, 0.2) is 0 Å². The topological polar surface area (TPSA) is 61.4 Å². The van der Waals surface area contributed by atoms with Crippen molar-refractivity contribution < 1.29 is 14.3 Å². The van der Waals surface area contributed by atoms with Gasteiger partial charge in [-0.25, -0.2) is 9.18 Å². The zero-order valence-electron chi connectivity index (χ0n) is 10.7. The molecule has 1 aromatic carbocycles. The van der Waals surface area contributed by atoms with Crippen LogP contribution >= 0.6 is 0 Å². The molecule has 0 radical (unpaired) electrons. The Kier molecular flexibility index (Phi) is 4.74. The summed E-state index contributed by atoms with van der Waals surface area (Å²) in [5.74, 6) is -0.361. The van der Waals surface area contributed by atoms with Gasteiger partial charge < -0.3 is 15.7 Å². The Labute approximate surface area is 112 Å². The van der Waals surface area contributed by atoms with E-state index >= 15 is 0 Å². The summed E-state index contributed by atoms with van der Waals surface area (Å²) in [6, 6.07) is 5.59. The first-order valence-electron chi connectivity index (χ1n) is 6.63. The zero-order valence-corrected chi connectivity index (χ0v) is 10.7. The maximum Gasteiger partial charge on any atom is 0.319 e. The molecule has 1 aromatic rings. The second kappa shape index (κ2) is 6.52. The van der Waals surface area contributed by atoms with Crippen LogP contribution in [0.4, 0.5) is 14.9 Å².